The molecule has 2 heterocycles. The highest BCUT2D eigenvalue weighted by atomic mass is 16.4. The topological polar surface area (TPSA) is 54.2 Å². The van der Waals surface area contributed by atoms with Gasteiger partial charge in [0.05, 0.1) is 6.54 Å². The molecule has 102 valence electrons. The van der Waals surface area contributed by atoms with Crippen LogP contribution in [0.5, 0.6) is 0 Å². The Bertz CT molecular complexity index is 405. The van der Waals surface area contributed by atoms with Gasteiger partial charge in [0.2, 0.25) is 5.89 Å². The highest BCUT2D eigenvalue weighted by molar-refractivity contribution is 5.32. The van der Waals surface area contributed by atoms with Crippen LogP contribution >= 0.6 is 0 Å². The van der Waals surface area contributed by atoms with Crippen molar-refractivity contribution in [1.82, 2.24) is 15.5 Å². The molecule has 0 amide bonds. The van der Waals surface area contributed by atoms with Gasteiger partial charge in [-0.2, -0.15) is 0 Å². The van der Waals surface area contributed by atoms with Gasteiger partial charge in [0.25, 0.3) is 0 Å². The molecule has 1 aromatic heterocycles. The number of hydrogen-bond acceptors (Lipinski definition) is 5. The molecule has 1 aliphatic rings. The zero-order chi connectivity index (χ0) is 13.4. The Labute approximate surface area is 109 Å². The van der Waals surface area contributed by atoms with E-state index in [1.807, 2.05) is 0 Å². The normalized spacial score (nSPS) is 19.5. The van der Waals surface area contributed by atoms with Crippen molar-refractivity contribution in [2.24, 2.45) is 0 Å². The lowest BCUT2D eigenvalue weighted by Gasteiger charge is -2.29. The molecule has 1 aromatic rings. The zero-order valence-corrected chi connectivity index (χ0v) is 12.1. The summed E-state index contributed by atoms with van der Waals surface area (Å²) in [5.41, 5.74) is 0.183. The van der Waals surface area contributed by atoms with Crippen molar-refractivity contribution in [1.29, 1.82) is 0 Å². The van der Waals surface area contributed by atoms with E-state index in [1.54, 1.807) is 0 Å². The van der Waals surface area contributed by atoms with Gasteiger partial charge in [-0.15, -0.1) is 5.10 Å². The minimum atomic E-state index is 0.0571. The number of anilines is 1. The van der Waals surface area contributed by atoms with Crippen molar-refractivity contribution in [2.45, 2.75) is 65.1 Å². The first-order valence-corrected chi connectivity index (χ1v) is 6.63. The molecule has 1 aliphatic heterocycles. The fourth-order valence-corrected chi connectivity index (χ4v) is 2.23. The van der Waals surface area contributed by atoms with Gasteiger partial charge in [0.15, 0.2) is 0 Å². The Morgan fingerprint density at radius 1 is 1.33 bits per heavy atom. The van der Waals surface area contributed by atoms with Gasteiger partial charge >= 0.3 is 6.01 Å². The molecular weight excluding hydrogens is 228 g/mol. The maximum absolute atomic E-state index is 5.74. The molecule has 1 saturated heterocycles. The van der Waals surface area contributed by atoms with Crippen LogP contribution in [0.25, 0.3) is 0 Å². The van der Waals surface area contributed by atoms with E-state index < -0.39 is 0 Å². The predicted molar refractivity (Wildman–Crippen MR) is 71.5 cm³/mol. The molecule has 5 nitrogen and oxygen atoms in total. The SMILES string of the molecule is CC(C)(C)NCc1nnc(N2CCCC2(C)C)o1. The number of aromatic nitrogens is 2. The van der Waals surface area contributed by atoms with Crippen molar-refractivity contribution in [2.75, 3.05) is 11.4 Å². The van der Waals surface area contributed by atoms with Gasteiger partial charge in [-0.05, 0) is 47.5 Å². The molecule has 0 unspecified atom stereocenters. The van der Waals surface area contributed by atoms with Crippen molar-refractivity contribution < 1.29 is 4.42 Å². The summed E-state index contributed by atoms with van der Waals surface area (Å²) in [7, 11) is 0. The lowest BCUT2D eigenvalue weighted by Crippen LogP contribution is -2.38. The van der Waals surface area contributed by atoms with Gasteiger partial charge in [0.1, 0.15) is 0 Å². The van der Waals surface area contributed by atoms with Crippen LogP contribution in [0, 0.1) is 0 Å². The lowest BCUT2D eigenvalue weighted by atomic mass is 10.0. The summed E-state index contributed by atoms with van der Waals surface area (Å²) in [6.45, 7) is 12.4. The van der Waals surface area contributed by atoms with Gasteiger partial charge in [-0.25, -0.2) is 0 Å². The van der Waals surface area contributed by atoms with E-state index in [-0.39, 0.29) is 11.1 Å². The van der Waals surface area contributed by atoms with Crippen molar-refractivity contribution in [3.63, 3.8) is 0 Å². The Kier molecular flexibility index (Phi) is 3.36. The Hall–Kier alpha value is -1.10. The second-order valence-electron chi connectivity index (χ2n) is 6.65. The van der Waals surface area contributed by atoms with E-state index in [0.717, 1.165) is 6.54 Å². The highest BCUT2D eigenvalue weighted by Crippen LogP contribution is 2.32. The van der Waals surface area contributed by atoms with Crippen molar-refractivity contribution >= 4 is 6.01 Å². The minimum Gasteiger partial charge on any atom is -0.407 e. The number of nitrogens with one attached hydrogen (secondary N) is 1. The van der Waals surface area contributed by atoms with E-state index >= 15 is 0 Å². The minimum absolute atomic E-state index is 0.0571. The largest absolute Gasteiger partial charge is 0.407 e. The van der Waals surface area contributed by atoms with E-state index in [0.29, 0.717) is 18.5 Å². The smallest absolute Gasteiger partial charge is 0.318 e. The van der Waals surface area contributed by atoms with Crippen LogP contribution < -0.4 is 10.2 Å². The first-order valence-electron chi connectivity index (χ1n) is 6.63. The van der Waals surface area contributed by atoms with Gasteiger partial charge in [-0.3, -0.25) is 0 Å². The molecule has 1 N–H and O–H groups in total. The number of hydrogen-bond donors (Lipinski definition) is 1. The molecular formula is C13H24N4O. The number of nitrogens with zero attached hydrogens (tertiary/aromatic N) is 3. The summed E-state index contributed by atoms with van der Waals surface area (Å²) in [6.07, 6.45) is 2.36. The van der Waals surface area contributed by atoms with Gasteiger partial charge in [0, 0.05) is 17.6 Å². The number of rotatable bonds is 3. The molecule has 0 saturated carbocycles. The summed E-state index contributed by atoms with van der Waals surface area (Å²) < 4.78 is 5.74. The first-order chi connectivity index (χ1) is 8.28. The van der Waals surface area contributed by atoms with E-state index in [9.17, 15) is 0 Å². The molecule has 18 heavy (non-hydrogen) atoms. The van der Waals surface area contributed by atoms with Gasteiger partial charge in [-0.1, -0.05) is 5.10 Å². The second kappa shape index (κ2) is 4.53. The standard InChI is InChI=1S/C13H24N4O/c1-12(2,3)14-9-10-15-16-11(18-10)17-8-6-7-13(17,4)5/h14H,6-9H2,1-5H3. The fourth-order valence-electron chi connectivity index (χ4n) is 2.23. The van der Waals surface area contributed by atoms with Crippen LogP contribution in [0.2, 0.25) is 0 Å². The van der Waals surface area contributed by atoms with E-state index in [2.05, 4.69) is 55.0 Å². The monoisotopic (exact) mass is 252 g/mol. The predicted octanol–water partition coefficient (Wildman–Crippen LogP) is 2.34. The second-order valence-corrected chi connectivity index (χ2v) is 6.65. The summed E-state index contributed by atoms with van der Waals surface area (Å²) in [4.78, 5) is 2.21. The molecule has 0 bridgehead atoms. The van der Waals surface area contributed by atoms with Crippen molar-refractivity contribution in [3.05, 3.63) is 5.89 Å². The molecule has 0 atom stereocenters. The fraction of sp³-hybridized carbons (Fsp3) is 0.846. The summed E-state index contributed by atoms with van der Waals surface area (Å²) in [6, 6.07) is 0.656. The Morgan fingerprint density at radius 2 is 2.06 bits per heavy atom. The van der Waals surface area contributed by atoms with Crippen LogP contribution in [0.15, 0.2) is 4.42 Å². The van der Waals surface area contributed by atoms with E-state index in [1.165, 1.54) is 12.8 Å². The zero-order valence-electron chi connectivity index (χ0n) is 12.1. The average molecular weight is 252 g/mol. The van der Waals surface area contributed by atoms with Crippen LogP contribution in [0.3, 0.4) is 0 Å². The first kappa shape index (κ1) is 13.3. The molecule has 0 spiro atoms. The summed E-state index contributed by atoms with van der Waals surface area (Å²) >= 11 is 0. The van der Waals surface area contributed by atoms with E-state index in [4.69, 9.17) is 4.42 Å². The van der Waals surface area contributed by atoms with Gasteiger partial charge < -0.3 is 14.6 Å². The quantitative estimate of drug-likeness (QED) is 0.895. The van der Waals surface area contributed by atoms with Crippen LogP contribution in [0.1, 0.15) is 53.4 Å². The molecule has 0 aromatic carbocycles. The molecule has 1 fully saturated rings. The molecule has 5 heteroatoms. The van der Waals surface area contributed by atoms with Crippen molar-refractivity contribution in [3.8, 4) is 0 Å². The molecule has 0 aliphatic carbocycles. The maximum Gasteiger partial charge on any atom is 0.318 e. The lowest BCUT2D eigenvalue weighted by molar-refractivity contribution is 0.375. The highest BCUT2D eigenvalue weighted by Gasteiger charge is 2.35. The van der Waals surface area contributed by atoms with Crippen LogP contribution in [-0.4, -0.2) is 27.8 Å². The van der Waals surface area contributed by atoms with Crippen LogP contribution in [-0.2, 0) is 6.54 Å². The Morgan fingerprint density at radius 3 is 2.61 bits per heavy atom. The third kappa shape index (κ3) is 3.02. The third-order valence-corrected chi connectivity index (χ3v) is 3.36. The molecule has 2 rings (SSSR count). The average Bonchev–Trinajstić information content (AvgIpc) is 2.79. The summed E-state index contributed by atoms with van der Waals surface area (Å²) in [5, 5.41) is 11.6. The summed E-state index contributed by atoms with van der Waals surface area (Å²) in [5.74, 6) is 0.655. The Balaban J connectivity index is 2.02. The molecule has 0 radical (unpaired) electrons. The van der Waals surface area contributed by atoms with Crippen LogP contribution in [0.4, 0.5) is 6.01 Å². The third-order valence-electron chi connectivity index (χ3n) is 3.36. The maximum atomic E-state index is 5.74.